The van der Waals surface area contributed by atoms with Gasteiger partial charge in [-0.25, -0.2) is 4.57 Å². The lowest BCUT2D eigenvalue weighted by Gasteiger charge is -2.22. The van der Waals surface area contributed by atoms with Crippen LogP contribution in [-0.4, -0.2) is 41.8 Å². The van der Waals surface area contributed by atoms with Crippen LogP contribution in [0, 0.1) is 0 Å². The van der Waals surface area contributed by atoms with Crippen LogP contribution in [0.15, 0.2) is 46.1 Å². The Morgan fingerprint density at radius 2 is 1.79 bits per heavy atom. The maximum atomic E-state index is 9.10. The van der Waals surface area contributed by atoms with E-state index >= 15 is 0 Å². The monoisotopic (exact) mass is 413 g/mol. The van der Waals surface area contributed by atoms with E-state index < -0.39 is 0 Å². The lowest BCUT2D eigenvalue weighted by atomic mass is 10.2. The molecular formula is C16H22BrN4O2S+. The summed E-state index contributed by atoms with van der Waals surface area (Å²) < 4.78 is 2.09. The van der Waals surface area contributed by atoms with E-state index in [0.717, 1.165) is 34.8 Å². The van der Waals surface area contributed by atoms with Crippen molar-refractivity contribution in [1.29, 1.82) is 0 Å². The van der Waals surface area contributed by atoms with Crippen molar-refractivity contribution in [3.05, 3.63) is 35.8 Å². The Kier molecular flexibility index (Phi) is 8.31. The molecule has 6 nitrogen and oxygen atoms in total. The Hall–Kier alpha value is -1.35. The van der Waals surface area contributed by atoms with Crippen LogP contribution >= 0.6 is 27.3 Å². The summed E-state index contributed by atoms with van der Waals surface area (Å²) in [7, 11) is 0. The Labute approximate surface area is 154 Å². The molecule has 2 rings (SSSR count). The second-order valence-corrected chi connectivity index (χ2v) is 6.74. The summed E-state index contributed by atoms with van der Waals surface area (Å²) >= 11 is 5.00. The first-order chi connectivity index (χ1) is 11.8. The number of aryl methyl sites for hydroxylation is 1. The Bertz CT molecular complexity index is 627. The second-order valence-electron chi connectivity index (χ2n) is 5.07. The van der Waals surface area contributed by atoms with Crippen molar-refractivity contribution in [3.8, 4) is 0 Å². The number of benzene rings is 1. The lowest BCUT2D eigenvalue weighted by Crippen LogP contribution is -2.30. The summed E-state index contributed by atoms with van der Waals surface area (Å²) in [5.41, 5.74) is 1.72. The number of hydrogen-bond acceptors (Lipinski definition) is 6. The first-order valence-corrected chi connectivity index (χ1v) is 9.80. The quantitative estimate of drug-likeness (QED) is 0.357. The van der Waals surface area contributed by atoms with Crippen LogP contribution in [0.2, 0.25) is 0 Å². The first-order valence-electron chi connectivity index (χ1n) is 7.80. The maximum Gasteiger partial charge on any atom is 0.408 e. The number of anilines is 1. The number of hydrogen-bond donors (Lipinski definition) is 2. The van der Waals surface area contributed by atoms with Crippen LogP contribution in [0.3, 0.4) is 0 Å². The molecule has 0 fully saturated rings. The summed E-state index contributed by atoms with van der Waals surface area (Å²) in [6, 6.07) is 7.62. The average Bonchev–Trinajstić information content (AvgIpc) is 3.06. The van der Waals surface area contributed by atoms with Crippen LogP contribution in [-0.2, 0) is 6.54 Å². The van der Waals surface area contributed by atoms with Crippen LogP contribution < -0.4 is 9.47 Å². The molecule has 8 heteroatoms. The minimum Gasteiger partial charge on any atom is -0.395 e. The number of nitrogens with zero attached hydrogens (tertiary/aromatic N) is 4. The average molecular weight is 414 g/mol. The third-order valence-corrected chi connectivity index (χ3v) is 4.74. The van der Waals surface area contributed by atoms with Crippen LogP contribution in [0.1, 0.15) is 6.42 Å². The highest BCUT2D eigenvalue weighted by molar-refractivity contribution is 9.09. The van der Waals surface area contributed by atoms with Gasteiger partial charge in [-0.3, -0.25) is 0 Å². The molecule has 0 aliphatic carbocycles. The topological polar surface area (TPSA) is 72.3 Å². The molecule has 0 amide bonds. The van der Waals surface area contributed by atoms with E-state index in [0.29, 0.717) is 13.1 Å². The van der Waals surface area contributed by atoms with E-state index in [4.69, 9.17) is 10.2 Å². The molecule has 2 N–H and O–H groups in total. The van der Waals surface area contributed by atoms with Crippen molar-refractivity contribution < 1.29 is 14.8 Å². The van der Waals surface area contributed by atoms with E-state index in [1.807, 2.05) is 40.7 Å². The molecule has 0 unspecified atom stereocenters. The van der Waals surface area contributed by atoms with Gasteiger partial charge in [0.05, 0.1) is 24.9 Å². The molecule has 1 aromatic carbocycles. The predicted octanol–water partition coefficient (Wildman–Crippen LogP) is 3.03. The van der Waals surface area contributed by atoms with E-state index in [9.17, 15) is 0 Å². The fourth-order valence-electron chi connectivity index (χ4n) is 2.22. The van der Waals surface area contributed by atoms with Gasteiger partial charge in [0.1, 0.15) is 11.9 Å². The zero-order chi connectivity index (χ0) is 17.2. The molecule has 1 heterocycles. The van der Waals surface area contributed by atoms with Crippen molar-refractivity contribution in [3.63, 3.8) is 0 Å². The van der Waals surface area contributed by atoms with Gasteiger partial charge in [-0.1, -0.05) is 15.9 Å². The van der Waals surface area contributed by atoms with E-state index in [1.165, 1.54) is 0 Å². The van der Waals surface area contributed by atoms with Crippen LogP contribution in [0.4, 0.5) is 16.5 Å². The van der Waals surface area contributed by atoms with Gasteiger partial charge in [0.2, 0.25) is 0 Å². The van der Waals surface area contributed by atoms with Gasteiger partial charge in [0.15, 0.2) is 0 Å². The predicted molar refractivity (Wildman–Crippen MR) is 99.9 cm³/mol. The van der Waals surface area contributed by atoms with Crippen LogP contribution in [0.25, 0.3) is 0 Å². The highest BCUT2D eigenvalue weighted by atomic mass is 79.9. The van der Waals surface area contributed by atoms with E-state index in [1.54, 1.807) is 11.3 Å². The van der Waals surface area contributed by atoms with Crippen molar-refractivity contribution in [2.75, 3.05) is 36.5 Å². The zero-order valence-corrected chi connectivity index (χ0v) is 15.8. The third-order valence-electron chi connectivity index (χ3n) is 3.40. The normalized spacial score (nSPS) is 11.3. The molecule has 2 aromatic rings. The van der Waals surface area contributed by atoms with Gasteiger partial charge >= 0.3 is 5.13 Å². The summed E-state index contributed by atoms with van der Waals surface area (Å²) in [6.45, 7) is 2.00. The number of alkyl halides is 1. The summed E-state index contributed by atoms with van der Waals surface area (Å²) in [5, 5.41) is 30.7. The highest BCUT2D eigenvalue weighted by Gasteiger charge is 2.11. The number of aromatic nitrogens is 1. The summed E-state index contributed by atoms with van der Waals surface area (Å²) in [6.07, 6.45) is 3.07. The van der Waals surface area contributed by atoms with Gasteiger partial charge in [-0.2, -0.15) is 0 Å². The minimum absolute atomic E-state index is 0.0498. The Morgan fingerprint density at radius 3 is 2.42 bits per heavy atom. The van der Waals surface area contributed by atoms with Gasteiger partial charge in [0, 0.05) is 29.5 Å². The van der Waals surface area contributed by atoms with Crippen LogP contribution in [0.5, 0.6) is 0 Å². The minimum atomic E-state index is 0.0498. The van der Waals surface area contributed by atoms with Crippen molar-refractivity contribution >= 4 is 43.8 Å². The summed E-state index contributed by atoms with van der Waals surface area (Å²) in [4.78, 5) is 1.93. The molecule has 0 saturated carbocycles. The Balaban J connectivity index is 2.04. The fraction of sp³-hybridized carbons (Fsp3) is 0.438. The van der Waals surface area contributed by atoms with Gasteiger partial charge < -0.3 is 15.1 Å². The molecule has 0 aliphatic heterocycles. The molecule has 0 saturated heterocycles. The SMILES string of the molecule is OCCN(CCO)c1ccc(N=Nc2scc[n+]2CCCBr)cc1. The van der Waals surface area contributed by atoms with E-state index in [2.05, 4.69) is 30.7 Å². The van der Waals surface area contributed by atoms with Crippen molar-refractivity contribution in [1.82, 2.24) is 0 Å². The highest BCUT2D eigenvalue weighted by Crippen LogP contribution is 2.22. The molecule has 0 atom stereocenters. The molecule has 0 aliphatic rings. The smallest absolute Gasteiger partial charge is 0.395 e. The van der Waals surface area contributed by atoms with Crippen molar-refractivity contribution in [2.45, 2.75) is 13.0 Å². The third kappa shape index (κ3) is 5.62. The lowest BCUT2D eigenvalue weighted by molar-refractivity contribution is -0.680. The van der Waals surface area contributed by atoms with E-state index in [-0.39, 0.29) is 13.2 Å². The number of azo groups is 1. The zero-order valence-electron chi connectivity index (χ0n) is 13.4. The first kappa shape index (κ1) is 19.0. The molecule has 0 bridgehead atoms. The number of thiazole rings is 1. The molecule has 1 aromatic heterocycles. The molecule has 0 radical (unpaired) electrons. The maximum absolute atomic E-state index is 9.10. The molecule has 0 spiro atoms. The van der Waals surface area contributed by atoms with Gasteiger partial charge in [0.25, 0.3) is 0 Å². The van der Waals surface area contributed by atoms with Gasteiger partial charge in [-0.15, -0.1) is 0 Å². The summed E-state index contributed by atoms with van der Waals surface area (Å²) in [5.74, 6) is 0. The molecule has 130 valence electrons. The molecule has 24 heavy (non-hydrogen) atoms. The van der Waals surface area contributed by atoms with Gasteiger partial charge in [-0.05, 0) is 47.1 Å². The largest absolute Gasteiger partial charge is 0.408 e. The van der Waals surface area contributed by atoms with Crippen molar-refractivity contribution in [2.24, 2.45) is 10.2 Å². The number of rotatable bonds is 10. The fourth-order valence-corrected chi connectivity index (χ4v) is 3.18. The standard InChI is InChI=1S/C16H22BrN4O2S/c17-6-1-7-21-10-13-24-16(21)19-18-14-2-4-15(5-3-14)20(8-11-22)9-12-23/h2-5,10,13,22-23H,1,6-9,11-12H2/q+1. The molecular weight excluding hydrogens is 392 g/mol. The number of aliphatic hydroxyl groups is 2. The Morgan fingerprint density at radius 1 is 1.08 bits per heavy atom. The number of halogens is 1. The second kappa shape index (κ2) is 10.5. The number of aliphatic hydroxyl groups excluding tert-OH is 2.